The van der Waals surface area contributed by atoms with E-state index in [9.17, 15) is 14.4 Å². The molecule has 2 amide bonds. The maximum Gasteiger partial charge on any atom is 0.311 e. The molecule has 1 atom stereocenters. The smallest absolute Gasteiger partial charge is 0.311 e. The number of hydrogen-bond acceptors (Lipinski definition) is 7. The van der Waals surface area contributed by atoms with E-state index in [1.807, 2.05) is 0 Å². The molecule has 9 nitrogen and oxygen atoms in total. The van der Waals surface area contributed by atoms with E-state index in [1.54, 1.807) is 36.3 Å². The third-order valence-electron chi connectivity index (χ3n) is 7.25. The lowest BCUT2D eigenvalue weighted by Gasteiger charge is -2.48. The standard InChI is InChI=1S/C25H35N3O6/c1-32-21-7-5-6-20(15-21)28-16-19(14-23(28)30)24(31)34-17-22(29)26-18-25(8-3-2-4-9-25)27-10-12-33-13-11-27/h5-7,15,19H,2-4,8-14,16-18H2,1H3,(H,26,29). The number of hydrogen-bond donors (Lipinski definition) is 1. The van der Waals surface area contributed by atoms with E-state index in [1.165, 1.54) is 6.42 Å². The molecular formula is C25H35N3O6. The molecule has 9 heteroatoms. The van der Waals surface area contributed by atoms with Gasteiger partial charge >= 0.3 is 5.97 Å². The van der Waals surface area contributed by atoms with Crippen LogP contribution in [0.5, 0.6) is 5.75 Å². The Morgan fingerprint density at radius 3 is 2.68 bits per heavy atom. The third kappa shape index (κ3) is 5.70. The summed E-state index contributed by atoms with van der Waals surface area (Å²) in [5.41, 5.74) is 0.634. The Labute approximate surface area is 200 Å². The molecule has 1 saturated carbocycles. The van der Waals surface area contributed by atoms with Gasteiger partial charge < -0.3 is 24.4 Å². The summed E-state index contributed by atoms with van der Waals surface area (Å²) in [6.07, 6.45) is 5.71. The molecule has 1 aromatic rings. The van der Waals surface area contributed by atoms with Crippen molar-refractivity contribution in [3.63, 3.8) is 0 Å². The number of methoxy groups -OCH3 is 1. The lowest BCUT2D eigenvalue weighted by molar-refractivity contribution is -0.152. The van der Waals surface area contributed by atoms with Crippen LogP contribution in [0.15, 0.2) is 24.3 Å². The van der Waals surface area contributed by atoms with Crippen LogP contribution in [-0.2, 0) is 23.9 Å². The highest BCUT2D eigenvalue weighted by atomic mass is 16.5. The Hall–Kier alpha value is -2.65. The molecule has 2 heterocycles. The van der Waals surface area contributed by atoms with Gasteiger partial charge in [-0.25, -0.2) is 0 Å². The summed E-state index contributed by atoms with van der Waals surface area (Å²) in [5.74, 6) is -0.926. The number of carbonyl (C=O) groups excluding carboxylic acids is 3. The lowest BCUT2D eigenvalue weighted by Crippen LogP contribution is -2.59. The average molecular weight is 474 g/mol. The highest BCUT2D eigenvalue weighted by Gasteiger charge is 2.39. The van der Waals surface area contributed by atoms with Crippen molar-refractivity contribution in [2.75, 3.05) is 58.0 Å². The van der Waals surface area contributed by atoms with Crippen LogP contribution in [0.1, 0.15) is 38.5 Å². The van der Waals surface area contributed by atoms with Crippen LogP contribution in [0.3, 0.4) is 0 Å². The molecule has 4 rings (SSSR count). The number of esters is 1. The number of morpholine rings is 1. The molecule has 1 N–H and O–H groups in total. The third-order valence-corrected chi connectivity index (χ3v) is 7.25. The molecule has 0 bridgehead atoms. The zero-order valence-corrected chi connectivity index (χ0v) is 19.9. The second-order valence-corrected chi connectivity index (χ2v) is 9.38. The van der Waals surface area contributed by atoms with Gasteiger partial charge in [-0.3, -0.25) is 19.3 Å². The van der Waals surface area contributed by atoms with Crippen LogP contribution in [0.4, 0.5) is 5.69 Å². The highest BCUT2D eigenvalue weighted by Crippen LogP contribution is 2.34. The summed E-state index contributed by atoms with van der Waals surface area (Å²) < 4.78 is 16.0. The number of amides is 2. The van der Waals surface area contributed by atoms with Gasteiger partial charge in [0.2, 0.25) is 5.91 Å². The van der Waals surface area contributed by atoms with Crippen LogP contribution >= 0.6 is 0 Å². The number of carbonyl (C=O) groups is 3. The number of rotatable bonds is 8. The second-order valence-electron chi connectivity index (χ2n) is 9.38. The maximum atomic E-state index is 12.6. The molecule has 0 radical (unpaired) electrons. The normalized spacial score (nSPS) is 22.9. The summed E-state index contributed by atoms with van der Waals surface area (Å²) in [6.45, 7) is 3.65. The predicted octanol–water partition coefficient (Wildman–Crippen LogP) is 1.74. The minimum absolute atomic E-state index is 0.0448. The van der Waals surface area contributed by atoms with E-state index in [2.05, 4.69) is 10.2 Å². The summed E-state index contributed by atoms with van der Waals surface area (Å²) in [7, 11) is 1.56. The highest BCUT2D eigenvalue weighted by molar-refractivity contribution is 5.99. The Morgan fingerprint density at radius 2 is 1.94 bits per heavy atom. The Bertz CT molecular complexity index is 879. The molecule has 1 aromatic carbocycles. The fraction of sp³-hybridized carbons (Fsp3) is 0.640. The van der Waals surface area contributed by atoms with E-state index in [4.69, 9.17) is 14.2 Å². The first-order valence-electron chi connectivity index (χ1n) is 12.2. The van der Waals surface area contributed by atoms with Gasteiger partial charge in [-0.1, -0.05) is 25.3 Å². The number of nitrogens with zero attached hydrogens (tertiary/aromatic N) is 2. The summed E-state index contributed by atoms with van der Waals surface area (Å²) in [6, 6.07) is 7.16. The summed E-state index contributed by atoms with van der Waals surface area (Å²) >= 11 is 0. The molecule has 34 heavy (non-hydrogen) atoms. The van der Waals surface area contributed by atoms with Gasteiger partial charge in [-0.05, 0) is 25.0 Å². The average Bonchev–Trinajstić information content (AvgIpc) is 3.28. The maximum absolute atomic E-state index is 12.6. The van der Waals surface area contributed by atoms with Crippen LogP contribution in [0.25, 0.3) is 0 Å². The Morgan fingerprint density at radius 1 is 1.18 bits per heavy atom. The molecule has 186 valence electrons. The molecular weight excluding hydrogens is 438 g/mol. The van der Waals surface area contributed by atoms with Crippen LogP contribution in [-0.4, -0.2) is 81.3 Å². The van der Waals surface area contributed by atoms with E-state index in [0.717, 1.165) is 52.0 Å². The van der Waals surface area contributed by atoms with E-state index in [-0.39, 0.29) is 36.9 Å². The van der Waals surface area contributed by atoms with Gasteiger partial charge in [-0.15, -0.1) is 0 Å². The zero-order chi connectivity index (χ0) is 24.0. The van der Waals surface area contributed by atoms with Crippen molar-refractivity contribution in [3.8, 4) is 5.75 Å². The van der Waals surface area contributed by atoms with Crippen LogP contribution in [0.2, 0.25) is 0 Å². The van der Waals surface area contributed by atoms with Gasteiger partial charge in [0.1, 0.15) is 5.75 Å². The molecule has 0 aromatic heterocycles. The van der Waals surface area contributed by atoms with Gasteiger partial charge in [0.15, 0.2) is 6.61 Å². The summed E-state index contributed by atoms with van der Waals surface area (Å²) in [5, 5.41) is 3.00. The Kier molecular flexibility index (Phi) is 8.05. The first kappa shape index (κ1) is 24.5. The fourth-order valence-electron chi connectivity index (χ4n) is 5.31. The zero-order valence-electron chi connectivity index (χ0n) is 19.9. The Balaban J connectivity index is 1.26. The largest absolute Gasteiger partial charge is 0.497 e. The number of anilines is 1. The van der Waals surface area contributed by atoms with Crippen LogP contribution in [0, 0.1) is 5.92 Å². The van der Waals surface area contributed by atoms with Gasteiger partial charge in [0, 0.05) is 49.9 Å². The molecule has 1 aliphatic carbocycles. The van der Waals surface area contributed by atoms with Crippen molar-refractivity contribution >= 4 is 23.5 Å². The van der Waals surface area contributed by atoms with Crippen molar-refractivity contribution in [2.45, 2.75) is 44.1 Å². The molecule has 1 unspecified atom stereocenters. The number of ether oxygens (including phenoxy) is 3. The number of benzene rings is 1. The lowest BCUT2D eigenvalue weighted by atomic mass is 9.79. The molecule has 2 saturated heterocycles. The van der Waals surface area contributed by atoms with Gasteiger partial charge in [0.05, 0.1) is 26.2 Å². The van der Waals surface area contributed by atoms with Gasteiger partial charge in [0.25, 0.3) is 5.91 Å². The molecule has 2 aliphatic heterocycles. The fourth-order valence-corrected chi connectivity index (χ4v) is 5.31. The number of nitrogens with one attached hydrogen (secondary N) is 1. The van der Waals surface area contributed by atoms with Crippen molar-refractivity contribution < 1.29 is 28.6 Å². The predicted molar refractivity (Wildman–Crippen MR) is 126 cm³/mol. The van der Waals surface area contributed by atoms with E-state index in [0.29, 0.717) is 18.0 Å². The van der Waals surface area contributed by atoms with E-state index < -0.39 is 11.9 Å². The second kappa shape index (κ2) is 11.2. The van der Waals surface area contributed by atoms with Crippen molar-refractivity contribution in [1.29, 1.82) is 0 Å². The topological polar surface area (TPSA) is 97.4 Å². The monoisotopic (exact) mass is 473 g/mol. The summed E-state index contributed by atoms with van der Waals surface area (Å²) in [4.78, 5) is 41.6. The molecule has 0 spiro atoms. The first-order chi connectivity index (χ1) is 16.5. The van der Waals surface area contributed by atoms with Crippen LogP contribution < -0.4 is 15.0 Å². The molecule has 3 aliphatic rings. The van der Waals surface area contributed by atoms with Crippen molar-refractivity contribution in [1.82, 2.24) is 10.2 Å². The minimum atomic E-state index is -0.593. The van der Waals surface area contributed by atoms with Gasteiger partial charge in [-0.2, -0.15) is 0 Å². The SMILES string of the molecule is COc1cccc(N2CC(C(=O)OCC(=O)NCC3(N4CCOCC4)CCCCC3)CC2=O)c1. The van der Waals surface area contributed by atoms with Crippen molar-refractivity contribution in [3.05, 3.63) is 24.3 Å². The molecule has 3 fully saturated rings. The van der Waals surface area contributed by atoms with Crippen molar-refractivity contribution in [2.24, 2.45) is 5.92 Å². The first-order valence-corrected chi connectivity index (χ1v) is 12.2. The minimum Gasteiger partial charge on any atom is -0.497 e. The van der Waals surface area contributed by atoms with E-state index >= 15 is 0 Å². The quantitative estimate of drug-likeness (QED) is 0.575.